The number of hydrogen-bond donors (Lipinski definition) is 0. The van der Waals surface area contributed by atoms with Crippen LogP contribution < -0.4 is 4.90 Å². The topological polar surface area (TPSA) is 20.3 Å². The van der Waals surface area contributed by atoms with E-state index >= 15 is 0 Å². The first-order chi connectivity index (χ1) is 8.02. The molecule has 2 rings (SSSR count). The van der Waals surface area contributed by atoms with Crippen LogP contribution in [0.15, 0.2) is 16.6 Å². The minimum atomic E-state index is -0.333. The largest absolute Gasteiger partial charge is 0.312 e. The molecule has 1 aliphatic rings. The first-order valence-corrected chi connectivity index (χ1v) is 7.26. The number of aryl methyl sites for hydroxylation is 1. The van der Waals surface area contributed by atoms with Gasteiger partial charge < -0.3 is 4.90 Å². The molecule has 1 heterocycles. The Balaban J connectivity index is 2.35. The summed E-state index contributed by atoms with van der Waals surface area (Å²) < 4.78 is 14.0. The van der Waals surface area contributed by atoms with Gasteiger partial charge in [-0.15, -0.1) is 0 Å². The highest BCUT2D eigenvalue weighted by Gasteiger charge is 2.30. The van der Waals surface area contributed by atoms with Gasteiger partial charge in [-0.2, -0.15) is 0 Å². The number of anilines is 1. The van der Waals surface area contributed by atoms with Crippen molar-refractivity contribution in [2.45, 2.75) is 13.3 Å². The molecule has 2 nitrogen and oxygen atoms in total. The van der Waals surface area contributed by atoms with Gasteiger partial charge >= 0.3 is 0 Å². The van der Waals surface area contributed by atoms with E-state index < -0.39 is 0 Å². The summed E-state index contributed by atoms with van der Waals surface area (Å²) in [4.78, 5) is 13.5. The molecule has 92 valence electrons. The van der Waals surface area contributed by atoms with Crippen molar-refractivity contribution in [3.05, 3.63) is 28.0 Å². The summed E-state index contributed by atoms with van der Waals surface area (Å²) in [5, 5.41) is 0.799. The average molecular weight is 365 g/mol. The molecule has 0 bridgehead atoms. The molecule has 1 amide bonds. The van der Waals surface area contributed by atoms with Crippen LogP contribution in [0.4, 0.5) is 10.1 Å². The van der Waals surface area contributed by atoms with E-state index in [2.05, 4.69) is 31.9 Å². The standard InChI is InChI=1S/C12H12Br2FNO/c1-7-2-9(14)10(15)4-11(7)16-6-8(5-13)3-12(16)17/h2,4,8H,3,5-6H2,1H3. The van der Waals surface area contributed by atoms with Crippen LogP contribution in [-0.2, 0) is 4.79 Å². The van der Waals surface area contributed by atoms with Crippen molar-refractivity contribution in [3.63, 3.8) is 0 Å². The van der Waals surface area contributed by atoms with E-state index in [0.29, 0.717) is 29.0 Å². The molecule has 1 aromatic rings. The zero-order valence-electron chi connectivity index (χ0n) is 9.34. The number of rotatable bonds is 2. The van der Waals surface area contributed by atoms with E-state index in [9.17, 15) is 9.18 Å². The van der Waals surface area contributed by atoms with Crippen LogP contribution in [0, 0.1) is 18.7 Å². The second-order valence-corrected chi connectivity index (χ2v) is 5.78. The van der Waals surface area contributed by atoms with Crippen molar-refractivity contribution < 1.29 is 9.18 Å². The Hall–Kier alpha value is -0.420. The van der Waals surface area contributed by atoms with Crippen molar-refractivity contribution in [2.24, 2.45) is 5.92 Å². The first-order valence-electron chi connectivity index (χ1n) is 5.35. The summed E-state index contributed by atoms with van der Waals surface area (Å²) in [6.45, 7) is 2.54. The number of halogens is 3. The molecule has 0 saturated carbocycles. The molecule has 1 aromatic carbocycles. The predicted octanol–water partition coefficient (Wildman–Crippen LogP) is 3.64. The highest BCUT2D eigenvalue weighted by atomic mass is 79.9. The smallest absolute Gasteiger partial charge is 0.227 e. The number of alkyl halides is 1. The molecule has 1 saturated heterocycles. The van der Waals surface area contributed by atoms with Crippen molar-refractivity contribution in [3.8, 4) is 0 Å². The van der Waals surface area contributed by atoms with Crippen molar-refractivity contribution in [2.75, 3.05) is 16.8 Å². The van der Waals surface area contributed by atoms with Gasteiger partial charge in [0.15, 0.2) is 0 Å². The lowest BCUT2D eigenvalue weighted by Crippen LogP contribution is -2.25. The average Bonchev–Trinajstić information content (AvgIpc) is 2.65. The maximum absolute atomic E-state index is 13.5. The molecule has 1 aliphatic heterocycles. The summed E-state index contributed by atoms with van der Waals surface area (Å²) in [5.74, 6) is 0.0496. The Kier molecular flexibility index (Phi) is 3.88. The molecule has 0 radical (unpaired) electrons. The van der Waals surface area contributed by atoms with Gasteiger partial charge in [-0.05, 0) is 46.5 Å². The summed E-state index contributed by atoms with van der Waals surface area (Å²) in [6, 6.07) is 3.13. The second kappa shape index (κ2) is 5.06. The van der Waals surface area contributed by atoms with Crippen molar-refractivity contribution >= 4 is 43.5 Å². The summed E-state index contributed by atoms with van der Waals surface area (Å²) in [6.07, 6.45) is 0.530. The van der Waals surface area contributed by atoms with Gasteiger partial charge in [-0.1, -0.05) is 15.9 Å². The van der Waals surface area contributed by atoms with Gasteiger partial charge in [-0.25, -0.2) is 4.39 Å². The fourth-order valence-corrected chi connectivity index (χ4v) is 2.94. The van der Waals surface area contributed by atoms with E-state index in [1.54, 1.807) is 11.0 Å². The number of amides is 1. The number of carbonyl (C=O) groups excluding carboxylic acids is 1. The number of hydrogen-bond acceptors (Lipinski definition) is 1. The van der Waals surface area contributed by atoms with Crippen LogP contribution in [0.25, 0.3) is 0 Å². The molecule has 0 N–H and O–H groups in total. The highest BCUT2D eigenvalue weighted by Crippen LogP contribution is 2.31. The van der Waals surface area contributed by atoms with E-state index in [0.717, 1.165) is 10.9 Å². The lowest BCUT2D eigenvalue weighted by molar-refractivity contribution is -0.117. The molecule has 1 unspecified atom stereocenters. The third-order valence-electron chi connectivity index (χ3n) is 2.95. The van der Waals surface area contributed by atoms with E-state index in [1.165, 1.54) is 6.07 Å². The van der Waals surface area contributed by atoms with Crippen molar-refractivity contribution in [1.82, 2.24) is 0 Å². The second-order valence-electron chi connectivity index (χ2n) is 4.28. The molecule has 1 atom stereocenters. The highest BCUT2D eigenvalue weighted by molar-refractivity contribution is 9.10. The Bertz CT molecular complexity index is 464. The minimum absolute atomic E-state index is 0.0688. The zero-order chi connectivity index (χ0) is 12.6. The van der Waals surface area contributed by atoms with Gasteiger partial charge in [0.1, 0.15) is 5.82 Å². The summed E-state index contributed by atoms with van der Waals surface area (Å²) >= 11 is 6.53. The Morgan fingerprint density at radius 3 is 2.82 bits per heavy atom. The number of nitrogens with zero attached hydrogens (tertiary/aromatic N) is 1. The maximum Gasteiger partial charge on any atom is 0.227 e. The lowest BCUT2D eigenvalue weighted by atomic mass is 10.1. The van der Waals surface area contributed by atoms with Crippen LogP contribution in [0.3, 0.4) is 0 Å². The van der Waals surface area contributed by atoms with Crippen LogP contribution in [0.2, 0.25) is 0 Å². The molecule has 17 heavy (non-hydrogen) atoms. The quantitative estimate of drug-likeness (QED) is 0.733. The van der Waals surface area contributed by atoms with Gasteiger partial charge in [-0.3, -0.25) is 4.79 Å². The van der Waals surface area contributed by atoms with E-state index in [1.807, 2.05) is 6.92 Å². The van der Waals surface area contributed by atoms with Gasteiger partial charge in [0.25, 0.3) is 0 Å². The summed E-state index contributed by atoms with van der Waals surface area (Å²) in [5.41, 5.74) is 1.58. The van der Waals surface area contributed by atoms with Crippen LogP contribution in [0.5, 0.6) is 0 Å². The van der Waals surface area contributed by atoms with Crippen molar-refractivity contribution in [1.29, 1.82) is 0 Å². The maximum atomic E-state index is 13.5. The first kappa shape index (κ1) is 13.0. The normalized spacial score (nSPS) is 20.1. The predicted molar refractivity (Wildman–Crippen MR) is 73.1 cm³/mol. The number of benzene rings is 1. The van der Waals surface area contributed by atoms with Crippen LogP contribution >= 0.6 is 31.9 Å². The van der Waals surface area contributed by atoms with Gasteiger partial charge in [0.2, 0.25) is 5.91 Å². The molecule has 0 spiro atoms. The fourth-order valence-electron chi connectivity index (χ4n) is 2.04. The van der Waals surface area contributed by atoms with E-state index in [-0.39, 0.29) is 11.7 Å². The molecular formula is C12H12Br2FNO. The Labute approximate surface area is 116 Å². The lowest BCUT2D eigenvalue weighted by Gasteiger charge is -2.19. The molecule has 5 heteroatoms. The zero-order valence-corrected chi connectivity index (χ0v) is 12.5. The summed E-state index contributed by atoms with van der Waals surface area (Å²) in [7, 11) is 0. The monoisotopic (exact) mass is 363 g/mol. The molecular weight excluding hydrogens is 353 g/mol. The minimum Gasteiger partial charge on any atom is -0.312 e. The Morgan fingerprint density at radius 1 is 1.53 bits per heavy atom. The molecule has 1 fully saturated rings. The Morgan fingerprint density at radius 2 is 2.24 bits per heavy atom. The van der Waals surface area contributed by atoms with E-state index in [4.69, 9.17) is 0 Å². The third-order valence-corrected chi connectivity index (χ3v) is 4.48. The number of carbonyl (C=O) groups is 1. The molecule has 0 aliphatic carbocycles. The fraction of sp³-hybridized carbons (Fsp3) is 0.417. The SMILES string of the molecule is Cc1cc(Br)c(F)cc1N1CC(CBr)CC1=O. The van der Waals surface area contributed by atoms with Crippen LogP contribution in [-0.4, -0.2) is 17.8 Å². The van der Waals surface area contributed by atoms with Crippen LogP contribution in [0.1, 0.15) is 12.0 Å². The third kappa shape index (κ3) is 2.55. The van der Waals surface area contributed by atoms with Gasteiger partial charge in [0.05, 0.1) is 4.47 Å². The molecule has 0 aromatic heterocycles. The van der Waals surface area contributed by atoms with Gasteiger partial charge in [0, 0.05) is 24.0 Å².